The van der Waals surface area contributed by atoms with Crippen molar-refractivity contribution in [1.82, 2.24) is 10.3 Å². The summed E-state index contributed by atoms with van der Waals surface area (Å²) in [5.74, 6) is 0.143. The van der Waals surface area contributed by atoms with Crippen LogP contribution in [0.25, 0.3) is 0 Å². The molecule has 1 amide bonds. The molecule has 9 heteroatoms. The lowest BCUT2D eigenvalue weighted by Crippen LogP contribution is -2.27. The molecule has 1 fully saturated rings. The SMILES string of the molecule is O=C(NCCc1ccc(Cl)cc1Cl)c1cc(C(F)(F)F)ncc1Oc1cccc(C2CC2)c1. The molecule has 0 bridgehead atoms. The molecule has 1 aliphatic carbocycles. The molecule has 1 aliphatic rings. The van der Waals surface area contributed by atoms with E-state index < -0.39 is 17.8 Å². The number of ether oxygens (including phenoxy) is 1. The zero-order valence-electron chi connectivity index (χ0n) is 17.3. The molecule has 33 heavy (non-hydrogen) atoms. The number of rotatable bonds is 7. The van der Waals surface area contributed by atoms with Crippen molar-refractivity contribution in [2.45, 2.75) is 31.4 Å². The van der Waals surface area contributed by atoms with Crippen LogP contribution in [-0.2, 0) is 12.6 Å². The first-order valence-corrected chi connectivity index (χ1v) is 11.0. The molecule has 4 nitrogen and oxygen atoms in total. The van der Waals surface area contributed by atoms with E-state index >= 15 is 0 Å². The summed E-state index contributed by atoms with van der Waals surface area (Å²) in [6.45, 7) is 0.153. The van der Waals surface area contributed by atoms with Gasteiger partial charge in [-0.1, -0.05) is 41.4 Å². The summed E-state index contributed by atoms with van der Waals surface area (Å²) in [5.41, 5.74) is 0.419. The fourth-order valence-electron chi connectivity index (χ4n) is 3.36. The molecule has 0 radical (unpaired) electrons. The predicted octanol–water partition coefficient (Wildman–Crippen LogP) is 7.05. The van der Waals surface area contributed by atoms with E-state index in [-0.39, 0.29) is 17.9 Å². The number of carbonyl (C=O) groups excluding carboxylic acids is 1. The van der Waals surface area contributed by atoms with Gasteiger partial charge in [0, 0.05) is 16.6 Å². The summed E-state index contributed by atoms with van der Waals surface area (Å²) < 4.78 is 45.5. The van der Waals surface area contributed by atoms with Crippen molar-refractivity contribution in [2.24, 2.45) is 0 Å². The fraction of sp³-hybridized carbons (Fsp3) is 0.250. The Labute approximate surface area is 198 Å². The fourth-order valence-corrected chi connectivity index (χ4v) is 3.87. The van der Waals surface area contributed by atoms with Gasteiger partial charge in [0.2, 0.25) is 0 Å². The summed E-state index contributed by atoms with van der Waals surface area (Å²) in [6, 6.07) is 13.0. The Hall–Kier alpha value is -2.77. The van der Waals surface area contributed by atoms with Crippen molar-refractivity contribution in [3.63, 3.8) is 0 Å². The molecule has 0 spiro atoms. The number of pyridine rings is 1. The van der Waals surface area contributed by atoms with Crippen molar-refractivity contribution in [3.05, 3.63) is 87.2 Å². The zero-order valence-corrected chi connectivity index (χ0v) is 18.8. The first kappa shape index (κ1) is 23.4. The molecule has 0 aliphatic heterocycles. The second kappa shape index (κ2) is 9.61. The molecule has 1 N–H and O–H groups in total. The highest BCUT2D eigenvalue weighted by Gasteiger charge is 2.34. The number of aromatic nitrogens is 1. The van der Waals surface area contributed by atoms with Crippen LogP contribution in [-0.4, -0.2) is 17.4 Å². The number of hydrogen-bond donors (Lipinski definition) is 1. The van der Waals surface area contributed by atoms with Crippen LogP contribution in [0, 0.1) is 0 Å². The van der Waals surface area contributed by atoms with E-state index in [2.05, 4.69) is 10.3 Å². The lowest BCUT2D eigenvalue weighted by Gasteiger charge is -2.14. The van der Waals surface area contributed by atoms with Gasteiger partial charge in [0.1, 0.15) is 11.4 Å². The van der Waals surface area contributed by atoms with Crippen molar-refractivity contribution in [1.29, 1.82) is 0 Å². The number of halogens is 5. The van der Waals surface area contributed by atoms with Crippen molar-refractivity contribution >= 4 is 29.1 Å². The predicted molar refractivity (Wildman–Crippen MR) is 120 cm³/mol. The maximum Gasteiger partial charge on any atom is 0.433 e. The molecule has 2 aromatic carbocycles. The minimum atomic E-state index is -4.70. The van der Waals surface area contributed by atoms with Gasteiger partial charge < -0.3 is 10.1 Å². The van der Waals surface area contributed by atoms with Crippen LogP contribution in [0.1, 0.15) is 45.9 Å². The van der Waals surface area contributed by atoms with Crippen molar-refractivity contribution in [2.75, 3.05) is 6.54 Å². The van der Waals surface area contributed by atoms with Crippen LogP contribution in [0.15, 0.2) is 54.7 Å². The Kier molecular flexibility index (Phi) is 6.81. The Balaban J connectivity index is 1.53. The van der Waals surface area contributed by atoms with Crippen molar-refractivity contribution < 1.29 is 22.7 Å². The first-order chi connectivity index (χ1) is 15.7. The van der Waals surface area contributed by atoms with Crippen LogP contribution in [0.2, 0.25) is 10.0 Å². The van der Waals surface area contributed by atoms with Crippen LogP contribution >= 0.6 is 23.2 Å². The number of hydrogen-bond acceptors (Lipinski definition) is 3. The number of nitrogens with one attached hydrogen (secondary N) is 1. The average molecular weight is 495 g/mol. The summed E-state index contributed by atoms with van der Waals surface area (Å²) in [4.78, 5) is 16.3. The van der Waals surface area contributed by atoms with E-state index in [1.807, 2.05) is 18.2 Å². The highest BCUT2D eigenvalue weighted by atomic mass is 35.5. The third kappa shape index (κ3) is 5.97. The topological polar surface area (TPSA) is 51.2 Å². The molecule has 0 atom stereocenters. The van der Waals surface area contributed by atoms with Crippen LogP contribution in [0.5, 0.6) is 11.5 Å². The third-order valence-corrected chi connectivity index (χ3v) is 5.82. The molecule has 1 heterocycles. The average Bonchev–Trinajstić information content (AvgIpc) is 3.60. The van der Waals surface area contributed by atoms with Gasteiger partial charge in [-0.05, 0) is 66.6 Å². The highest BCUT2D eigenvalue weighted by molar-refractivity contribution is 6.35. The highest BCUT2D eigenvalue weighted by Crippen LogP contribution is 2.41. The van der Waals surface area contributed by atoms with Gasteiger partial charge in [-0.15, -0.1) is 0 Å². The number of benzene rings is 2. The maximum atomic E-state index is 13.2. The quantitative estimate of drug-likeness (QED) is 0.382. The number of amides is 1. The van der Waals surface area contributed by atoms with Gasteiger partial charge >= 0.3 is 6.18 Å². The molecule has 1 saturated carbocycles. The van der Waals surface area contributed by atoms with Crippen LogP contribution in [0.3, 0.4) is 0 Å². The Morgan fingerprint density at radius 2 is 1.91 bits per heavy atom. The minimum Gasteiger partial charge on any atom is -0.455 e. The van der Waals surface area contributed by atoms with E-state index in [1.54, 1.807) is 24.3 Å². The molecular formula is C24H19Cl2F3N2O2. The van der Waals surface area contributed by atoms with E-state index in [0.717, 1.165) is 30.2 Å². The Morgan fingerprint density at radius 1 is 1.12 bits per heavy atom. The molecule has 0 unspecified atom stereocenters. The van der Waals surface area contributed by atoms with Crippen molar-refractivity contribution in [3.8, 4) is 11.5 Å². The van der Waals surface area contributed by atoms with E-state index in [9.17, 15) is 18.0 Å². The second-order valence-corrected chi connectivity index (χ2v) is 8.60. The summed E-state index contributed by atoms with van der Waals surface area (Å²) in [5, 5.41) is 3.56. The van der Waals surface area contributed by atoms with Crippen LogP contribution < -0.4 is 10.1 Å². The number of alkyl halides is 3. The summed E-state index contributed by atoms with van der Waals surface area (Å²) >= 11 is 12.0. The van der Waals surface area contributed by atoms with Crippen LogP contribution in [0.4, 0.5) is 13.2 Å². The van der Waals surface area contributed by atoms with Gasteiger partial charge in [-0.25, -0.2) is 4.98 Å². The van der Waals surface area contributed by atoms with Gasteiger partial charge in [0.05, 0.1) is 11.8 Å². The largest absolute Gasteiger partial charge is 0.455 e. The smallest absolute Gasteiger partial charge is 0.433 e. The molecule has 172 valence electrons. The lowest BCUT2D eigenvalue weighted by molar-refractivity contribution is -0.141. The van der Waals surface area contributed by atoms with E-state index in [4.69, 9.17) is 27.9 Å². The van der Waals surface area contributed by atoms with E-state index in [0.29, 0.717) is 34.2 Å². The van der Waals surface area contributed by atoms with Gasteiger partial charge in [-0.2, -0.15) is 13.2 Å². The standard InChI is InChI=1S/C24H19Cl2F3N2O2/c25-17-7-6-15(20(26)11-17)8-9-30-23(32)19-12-22(24(27,28)29)31-13-21(19)33-18-3-1-2-16(10-18)14-4-5-14/h1-3,6-7,10-14H,4-5,8-9H2,(H,30,32). The molecular weight excluding hydrogens is 476 g/mol. The molecule has 3 aromatic rings. The number of carbonyl (C=O) groups is 1. The number of nitrogens with zero attached hydrogens (tertiary/aromatic N) is 1. The molecule has 1 aromatic heterocycles. The van der Waals surface area contributed by atoms with Gasteiger partial charge in [0.15, 0.2) is 5.75 Å². The minimum absolute atomic E-state index is 0.0574. The normalized spacial score (nSPS) is 13.6. The second-order valence-electron chi connectivity index (χ2n) is 7.75. The third-order valence-electron chi connectivity index (χ3n) is 5.23. The lowest BCUT2D eigenvalue weighted by atomic mass is 10.1. The first-order valence-electron chi connectivity index (χ1n) is 10.3. The Morgan fingerprint density at radius 3 is 2.61 bits per heavy atom. The maximum absolute atomic E-state index is 13.2. The monoisotopic (exact) mass is 494 g/mol. The van der Waals surface area contributed by atoms with Gasteiger partial charge in [0.25, 0.3) is 5.91 Å². The molecule has 4 rings (SSSR count). The van der Waals surface area contributed by atoms with E-state index in [1.165, 1.54) is 0 Å². The molecule has 0 saturated heterocycles. The Bertz CT molecular complexity index is 1180. The summed E-state index contributed by atoms with van der Waals surface area (Å²) in [6.07, 6.45) is -1.21. The summed E-state index contributed by atoms with van der Waals surface area (Å²) in [7, 11) is 0. The zero-order chi connectivity index (χ0) is 23.6. The van der Waals surface area contributed by atoms with Gasteiger partial charge in [-0.3, -0.25) is 4.79 Å².